The molecule has 0 spiro atoms. The molecule has 2 aliphatic rings. The lowest BCUT2D eigenvalue weighted by molar-refractivity contribution is 0.0778. The minimum Gasteiger partial charge on any atom is -0.381 e. The first-order chi connectivity index (χ1) is 15.3. The van der Waals surface area contributed by atoms with E-state index >= 15 is 0 Å². The molecule has 2 aliphatic heterocycles. The summed E-state index contributed by atoms with van der Waals surface area (Å²) in [5, 5.41) is 8.80. The normalized spacial score (nSPS) is 20.3. The van der Waals surface area contributed by atoms with E-state index in [1.54, 1.807) is 29.2 Å². The lowest BCUT2D eigenvalue weighted by Gasteiger charge is -2.23. The second-order valence-electron chi connectivity index (χ2n) is 8.18. The van der Waals surface area contributed by atoms with Crippen LogP contribution in [0.4, 0.5) is 0 Å². The van der Waals surface area contributed by atoms with Crippen molar-refractivity contribution in [2.45, 2.75) is 50.7 Å². The molecule has 0 radical (unpaired) electrons. The van der Waals surface area contributed by atoms with Gasteiger partial charge < -0.3 is 9.26 Å². The maximum atomic E-state index is 12.5. The molecule has 9 heteroatoms. The average Bonchev–Trinajstić information content (AvgIpc) is 3.46. The second kappa shape index (κ2) is 9.07. The summed E-state index contributed by atoms with van der Waals surface area (Å²) >= 11 is 0. The van der Waals surface area contributed by atoms with Crippen molar-refractivity contribution in [3.8, 4) is 11.3 Å². The zero-order valence-corrected chi connectivity index (χ0v) is 17.4. The van der Waals surface area contributed by atoms with Crippen molar-refractivity contribution >= 4 is 0 Å². The quantitative estimate of drug-likeness (QED) is 0.596. The highest BCUT2D eigenvalue weighted by molar-refractivity contribution is 5.56. The minimum absolute atomic E-state index is 0.0964. The van der Waals surface area contributed by atoms with Crippen molar-refractivity contribution < 1.29 is 9.26 Å². The van der Waals surface area contributed by atoms with Gasteiger partial charge in [-0.1, -0.05) is 5.16 Å². The molecule has 1 unspecified atom stereocenters. The predicted octanol–water partition coefficient (Wildman–Crippen LogP) is 2.25. The van der Waals surface area contributed by atoms with Crippen LogP contribution >= 0.6 is 0 Å². The van der Waals surface area contributed by atoms with Gasteiger partial charge in [0.2, 0.25) is 5.89 Å². The average molecular weight is 422 g/mol. The first kappa shape index (κ1) is 20.0. The Morgan fingerprint density at radius 3 is 2.87 bits per heavy atom. The summed E-state index contributed by atoms with van der Waals surface area (Å²) in [7, 11) is 0. The van der Waals surface area contributed by atoms with Crippen molar-refractivity contribution in [1.82, 2.24) is 29.8 Å². The van der Waals surface area contributed by atoms with Crippen LogP contribution in [-0.4, -0.2) is 55.6 Å². The molecule has 0 aromatic carbocycles. The molecule has 1 atom stereocenters. The highest BCUT2D eigenvalue weighted by Gasteiger charge is 2.28. The van der Waals surface area contributed by atoms with Gasteiger partial charge in [0.05, 0.1) is 18.8 Å². The molecule has 0 saturated carbocycles. The molecule has 3 aromatic heterocycles. The first-order valence-electron chi connectivity index (χ1n) is 10.9. The predicted molar refractivity (Wildman–Crippen MR) is 112 cm³/mol. The van der Waals surface area contributed by atoms with Gasteiger partial charge in [-0.15, -0.1) is 0 Å². The van der Waals surface area contributed by atoms with E-state index in [0.717, 1.165) is 62.6 Å². The molecular formula is C22H26N6O3. The fourth-order valence-corrected chi connectivity index (χ4v) is 4.38. The van der Waals surface area contributed by atoms with E-state index < -0.39 is 0 Å². The zero-order chi connectivity index (χ0) is 21.0. The lowest BCUT2D eigenvalue weighted by atomic mass is 10.0. The maximum Gasteiger partial charge on any atom is 0.266 e. The van der Waals surface area contributed by atoms with Gasteiger partial charge in [0.1, 0.15) is 0 Å². The van der Waals surface area contributed by atoms with Gasteiger partial charge in [-0.25, -0.2) is 4.68 Å². The fourth-order valence-electron chi connectivity index (χ4n) is 4.38. The first-order valence-corrected chi connectivity index (χ1v) is 10.9. The van der Waals surface area contributed by atoms with Crippen molar-refractivity contribution in [3.05, 3.63) is 58.7 Å². The Morgan fingerprint density at radius 1 is 1.13 bits per heavy atom. The smallest absolute Gasteiger partial charge is 0.266 e. The SMILES string of the molecule is O=c1ccc(-c2cccnc2)nn1CC1CCCN1Cc1noc(C2CCOCC2)n1. The number of hydrogen-bond acceptors (Lipinski definition) is 8. The Hall–Kier alpha value is -2.91. The third-order valence-electron chi connectivity index (χ3n) is 6.11. The van der Waals surface area contributed by atoms with E-state index in [1.165, 1.54) is 0 Å². The standard InChI is InChI=1S/C22H26N6O3/c29-21-6-5-19(17-3-1-9-23-13-17)25-28(21)14-18-4-2-10-27(18)15-20-24-22(31-26-20)16-7-11-30-12-8-16/h1,3,5-6,9,13,16,18H,2,4,7-8,10-12,14-15H2. The summed E-state index contributed by atoms with van der Waals surface area (Å²) in [5.74, 6) is 1.72. The van der Waals surface area contributed by atoms with Crippen molar-refractivity contribution in [1.29, 1.82) is 0 Å². The van der Waals surface area contributed by atoms with Crippen LogP contribution in [0.15, 0.2) is 46.0 Å². The van der Waals surface area contributed by atoms with Gasteiger partial charge in [-0.3, -0.25) is 14.7 Å². The van der Waals surface area contributed by atoms with E-state index in [2.05, 4.69) is 25.1 Å². The van der Waals surface area contributed by atoms with Crippen LogP contribution in [0, 0.1) is 0 Å². The number of hydrogen-bond donors (Lipinski definition) is 0. The van der Waals surface area contributed by atoms with Gasteiger partial charge >= 0.3 is 0 Å². The Balaban J connectivity index is 1.28. The topological polar surface area (TPSA) is 99.2 Å². The monoisotopic (exact) mass is 422 g/mol. The molecule has 2 saturated heterocycles. The molecule has 5 rings (SSSR count). The van der Waals surface area contributed by atoms with Crippen molar-refractivity contribution in [2.75, 3.05) is 19.8 Å². The summed E-state index contributed by atoms with van der Waals surface area (Å²) in [6, 6.07) is 7.34. The molecule has 0 aliphatic carbocycles. The highest BCUT2D eigenvalue weighted by Crippen LogP contribution is 2.26. The van der Waals surface area contributed by atoms with Crippen LogP contribution in [0.25, 0.3) is 11.3 Å². The molecule has 5 heterocycles. The number of aromatic nitrogens is 5. The van der Waals surface area contributed by atoms with E-state index in [1.807, 2.05) is 12.1 Å². The lowest BCUT2D eigenvalue weighted by Crippen LogP contribution is -2.37. The summed E-state index contributed by atoms with van der Waals surface area (Å²) in [4.78, 5) is 23.6. The second-order valence-corrected chi connectivity index (χ2v) is 8.18. The molecule has 31 heavy (non-hydrogen) atoms. The maximum absolute atomic E-state index is 12.5. The Kier molecular flexibility index (Phi) is 5.86. The molecule has 0 bridgehead atoms. The Morgan fingerprint density at radius 2 is 2.03 bits per heavy atom. The summed E-state index contributed by atoms with van der Waals surface area (Å²) < 4.78 is 12.5. The number of rotatable bonds is 6. The van der Waals surface area contributed by atoms with E-state index in [-0.39, 0.29) is 11.6 Å². The molecule has 162 valence electrons. The minimum atomic E-state index is -0.0964. The van der Waals surface area contributed by atoms with E-state index in [9.17, 15) is 4.79 Å². The molecule has 3 aromatic rings. The van der Waals surface area contributed by atoms with Crippen LogP contribution in [0.2, 0.25) is 0 Å². The Labute approximate surface area is 180 Å². The van der Waals surface area contributed by atoms with Gasteiger partial charge in [0.25, 0.3) is 5.56 Å². The summed E-state index contributed by atoms with van der Waals surface area (Å²) in [5.41, 5.74) is 1.55. The van der Waals surface area contributed by atoms with E-state index in [4.69, 9.17) is 9.26 Å². The van der Waals surface area contributed by atoms with Crippen molar-refractivity contribution in [3.63, 3.8) is 0 Å². The zero-order valence-electron chi connectivity index (χ0n) is 17.4. The summed E-state index contributed by atoms with van der Waals surface area (Å²) in [6.45, 7) is 3.60. The van der Waals surface area contributed by atoms with Crippen LogP contribution in [0.5, 0.6) is 0 Å². The summed E-state index contributed by atoms with van der Waals surface area (Å²) in [6.07, 6.45) is 7.42. The molecular weight excluding hydrogens is 396 g/mol. The fraction of sp³-hybridized carbons (Fsp3) is 0.500. The van der Waals surface area contributed by atoms with Gasteiger partial charge in [-0.2, -0.15) is 10.1 Å². The van der Waals surface area contributed by atoms with Gasteiger partial charge in [-0.05, 0) is 50.4 Å². The number of ether oxygens (including phenoxy) is 1. The molecule has 0 amide bonds. The number of pyridine rings is 1. The number of nitrogens with zero attached hydrogens (tertiary/aromatic N) is 6. The highest BCUT2D eigenvalue weighted by atomic mass is 16.5. The van der Waals surface area contributed by atoms with Crippen LogP contribution in [0.1, 0.15) is 43.3 Å². The van der Waals surface area contributed by atoms with Crippen LogP contribution in [-0.2, 0) is 17.8 Å². The van der Waals surface area contributed by atoms with Gasteiger partial charge in [0.15, 0.2) is 5.82 Å². The number of likely N-dealkylation sites (tertiary alicyclic amines) is 1. The largest absolute Gasteiger partial charge is 0.381 e. The van der Waals surface area contributed by atoms with Crippen LogP contribution < -0.4 is 5.56 Å². The molecule has 0 N–H and O–H groups in total. The van der Waals surface area contributed by atoms with E-state index in [0.29, 0.717) is 24.8 Å². The Bertz CT molecular complexity index is 1060. The van der Waals surface area contributed by atoms with Crippen molar-refractivity contribution in [2.24, 2.45) is 0 Å². The van der Waals surface area contributed by atoms with Gasteiger partial charge in [0, 0.05) is 49.2 Å². The molecule has 2 fully saturated rings. The third-order valence-corrected chi connectivity index (χ3v) is 6.11. The molecule has 9 nitrogen and oxygen atoms in total. The third kappa shape index (κ3) is 4.57. The van der Waals surface area contributed by atoms with Crippen LogP contribution in [0.3, 0.4) is 0 Å².